The van der Waals surface area contributed by atoms with Crippen molar-refractivity contribution < 1.29 is 0 Å². The molecule has 5 nitrogen and oxygen atoms in total. The van der Waals surface area contributed by atoms with Gasteiger partial charge in [-0.05, 0) is 26.0 Å². The van der Waals surface area contributed by atoms with Crippen molar-refractivity contribution in [3.8, 4) is 0 Å². The highest BCUT2D eigenvalue weighted by molar-refractivity contribution is 5.42. The minimum absolute atomic E-state index is 0.855. The van der Waals surface area contributed by atoms with Crippen LogP contribution in [0.15, 0.2) is 30.3 Å². The van der Waals surface area contributed by atoms with Crippen LogP contribution in [0.3, 0.4) is 0 Å². The summed E-state index contributed by atoms with van der Waals surface area (Å²) in [5, 5.41) is 15.0. The molecule has 0 spiro atoms. The van der Waals surface area contributed by atoms with Gasteiger partial charge in [0.05, 0.1) is 0 Å². The molecule has 2 rings (SSSR count). The average molecular weight is 259 g/mol. The van der Waals surface area contributed by atoms with Crippen LogP contribution < -0.4 is 10.6 Å². The minimum Gasteiger partial charge on any atom is -0.385 e. The molecule has 0 saturated carbocycles. The van der Waals surface area contributed by atoms with Crippen molar-refractivity contribution in [2.24, 2.45) is 0 Å². The molecular weight excluding hydrogens is 238 g/mol. The van der Waals surface area contributed by atoms with Crippen molar-refractivity contribution in [3.05, 3.63) is 36.2 Å². The Morgan fingerprint density at radius 2 is 1.84 bits per heavy atom. The van der Waals surface area contributed by atoms with E-state index in [4.69, 9.17) is 0 Å². The molecule has 0 unspecified atom stereocenters. The van der Waals surface area contributed by atoms with E-state index < -0.39 is 0 Å². The summed E-state index contributed by atoms with van der Waals surface area (Å²) < 4.78 is 2.12. The molecule has 102 valence electrons. The fourth-order valence-corrected chi connectivity index (χ4v) is 2.02. The van der Waals surface area contributed by atoms with E-state index in [0.717, 1.165) is 43.5 Å². The molecule has 5 heteroatoms. The Morgan fingerprint density at radius 3 is 2.53 bits per heavy atom. The third-order valence-corrected chi connectivity index (χ3v) is 2.93. The maximum Gasteiger partial charge on any atom is 0.224 e. The Bertz CT molecular complexity index is 492. The van der Waals surface area contributed by atoms with Crippen LogP contribution >= 0.6 is 0 Å². The topological polar surface area (TPSA) is 54.8 Å². The Balaban J connectivity index is 1.92. The lowest BCUT2D eigenvalue weighted by Gasteiger charge is -2.09. The van der Waals surface area contributed by atoms with E-state index in [-0.39, 0.29) is 0 Å². The van der Waals surface area contributed by atoms with Gasteiger partial charge in [-0.2, -0.15) is 0 Å². The Kier molecular flexibility index (Phi) is 4.78. The summed E-state index contributed by atoms with van der Waals surface area (Å²) in [6.45, 7) is 6.77. The number of nitrogens with zero attached hydrogens (tertiary/aromatic N) is 3. The average Bonchev–Trinajstić information content (AvgIpc) is 2.83. The molecule has 2 N–H and O–H groups in total. The van der Waals surface area contributed by atoms with E-state index in [2.05, 4.69) is 51.4 Å². The largest absolute Gasteiger partial charge is 0.385 e. The predicted molar refractivity (Wildman–Crippen MR) is 78.5 cm³/mol. The molecule has 1 heterocycles. The van der Waals surface area contributed by atoms with E-state index in [0.29, 0.717) is 0 Å². The van der Waals surface area contributed by atoms with Crippen LogP contribution in [0.4, 0.5) is 11.6 Å². The van der Waals surface area contributed by atoms with E-state index in [9.17, 15) is 0 Å². The molecule has 0 aliphatic carbocycles. The first-order chi connectivity index (χ1) is 9.35. The molecule has 1 aromatic carbocycles. The second-order valence-electron chi connectivity index (χ2n) is 4.26. The molecule has 0 aliphatic rings. The van der Waals surface area contributed by atoms with Gasteiger partial charge in [0.1, 0.15) is 5.82 Å². The maximum atomic E-state index is 4.25. The quantitative estimate of drug-likeness (QED) is 0.801. The summed E-state index contributed by atoms with van der Waals surface area (Å²) in [6.07, 6.45) is 0.862. The number of anilines is 2. The molecule has 0 saturated heterocycles. The first-order valence-electron chi connectivity index (χ1n) is 6.80. The molecular formula is C14H21N5. The molecule has 2 aromatic rings. The molecule has 0 radical (unpaired) electrons. The predicted octanol–water partition coefficient (Wildman–Crippen LogP) is 2.38. The summed E-state index contributed by atoms with van der Waals surface area (Å²) in [4.78, 5) is 0. The van der Waals surface area contributed by atoms with Crippen molar-refractivity contribution in [2.75, 3.05) is 23.7 Å². The van der Waals surface area contributed by atoms with Crippen LogP contribution in [-0.2, 0) is 13.0 Å². The number of hydrogen-bond acceptors (Lipinski definition) is 4. The van der Waals surface area contributed by atoms with Gasteiger partial charge in [-0.25, -0.2) is 0 Å². The van der Waals surface area contributed by atoms with Crippen LogP contribution in [0.2, 0.25) is 0 Å². The van der Waals surface area contributed by atoms with Crippen LogP contribution in [0.25, 0.3) is 0 Å². The third kappa shape index (κ3) is 3.47. The lowest BCUT2D eigenvalue weighted by atomic mass is 10.3. The van der Waals surface area contributed by atoms with E-state index in [1.165, 1.54) is 0 Å². The van der Waals surface area contributed by atoms with Crippen molar-refractivity contribution >= 4 is 11.6 Å². The van der Waals surface area contributed by atoms with Crippen LogP contribution in [0.1, 0.15) is 19.7 Å². The molecule has 0 bridgehead atoms. The van der Waals surface area contributed by atoms with Crippen LogP contribution in [-0.4, -0.2) is 27.9 Å². The van der Waals surface area contributed by atoms with Crippen molar-refractivity contribution in [3.63, 3.8) is 0 Å². The maximum absolute atomic E-state index is 4.25. The summed E-state index contributed by atoms with van der Waals surface area (Å²) in [7, 11) is 0. The Labute approximate surface area is 114 Å². The molecule has 1 aromatic heterocycles. The van der Waals surface area contributed by atoms with Gasteiger partial charge in [-0.1, -0.05) is 18.2 Å². The standard InChI is InChI=1S/C14H21N5/c1-3-15-14-18-17-13(19(14)4-2)10-11-16-12-8-6-5-7-9-12/h5-9,16H,3-4,10-11H2,1-2H3,(H,15,18). The number of aromatic nitrogens is 3. The van der Waals surface area contributed by atoms with Gasteiger partial charge in [-0.3, -0.25) is 4.57 Å². The van der Waals surface area contributed by atoms with Gasteiger partial charge < -0.3 is 10.6 Å². The van der Waals surface area contributed by atoms with Gasteiger partial charge in [0.25, 0.3) is 0 Å². The van der Waals surface area contributed by atoms with Gasteiger partial charge in [-0.15, -0.1) is 10.2 Å². The summed E-state index contributed by atoms with van der Waals surface area (Å²) in [6, 6.07) is 10.2. The zero-order valence-electron chi connectivity index (χ0n) is 11.6. The minimum atomic E-state index is 0.855. The highest BCUT2D eigenvalue weighted by Gasteiger charge is 2.08. The van der Waals surface area contributed by atoms with Crippen LogP contribution in [0, 0.1) is 0 Å². The molecule has 0 atom stereocenters. The monoisotopic (exact) mass is 259 g/mol. The Hall–Kier alpha value is -2.04. The van der Waals surface area contributed by atoms with Gasteiger partial charge >= 0.3 is 0 Å². The Morgan fingerprint density at radius 1 is 1.05 bits per heavy atom. The lowest BCUT2D eigenvalue weighted by molar-refractivity contribution is 0.701. The van der Waals surface area contributed by atoms with Crippen molar-refractivity contribution in [1.82, 2.24) is 14.8 Å². The van der Waals surface area contributed by atoms with Crippen LogP contribution in [0.5, 0.6) is 0 Å². The summed E-state index contributed by atoms with van der Waals surface area (Å²) in [5.74, 6) is 1.88. The van der Waals surface area contributed by atoms with Gasteiger partial charge in [0, 0.05) is 31.7 Å². The summed E-state index contributed by atoms with van der Waals surface area (Å²) >= 11 is 0. The first kappa shape index (κ1) is 13.4. The second kappa shape index (κ2) is 6.78. The molecule has 19 heavy (non-hydrogen) atoms. The third-order valence-electron chi connectivity index (χ3n) is 2.93. The zero-order chi connectivity index (χ0) is 13.5. The van der Waals surface area contributed by atoms with Gasteiger partial charge in [0.15, 0.2) is 0 Å². The summed E-state index contributed by atoms with van der Waals surface area (Å²) in [5.41, 5.74) is 1.14. The van der Waals surface area contributed by atoms with Crippen molar-refractivity contribution in [1.29, 1.82) is 0 Å². The van der Waals surface area contributed by atoms with Crippen molar-refractivity contribution in [2.45, 2.75) is 26.8 Å². The zero-order valence-corrected chi connectivity index (χ0v) is 11.6. The smallest absolute Gasteiger partial charge is 0.224 e. The SMILES string of the molecule is CCNc1nnc(CCNc2ccccc2)n1CC. The van der Waals surface area contributed by atoms with E-state index in [1.54, 1.807) is 0 Å². The van der Waals surface area contributed by atoms with E-state index >= 15 is 0 Å². The molecule has 0 aliphatic heterocycles. The van der Waals surface area contributed by atoms with Gasteiger partial charge in [0.2, 0.25) is 5.95 Å². The number of nitrogens with one attached hydrogen (secondary N) is 2. The fourth-order valence-electron chi connectivity index (χ4n) is 2.02. The number of rotatable bonds is 7. The van der Waals surface area contributed by atoms with E-state index in [1.807, 2.05) is 18.2 Å². The first-order valence-corrected chi connectivity index (χ1v) is 6.80. The molecule has 0 fully saturated rings. The lowest BCUT2D eigenvalue weighted by Crippen LogP contribution is -2.12. The highest BCUT2D eigenvalue weighted by Crippen LogP contribution is 2.09. The number of benzene rings is 1. The molecule has 0 amide bonds. The number of para-hydroxylation sites is 1. The fraction of sp³-hybridized carbons (Fsp3) is 0.429. The highest BCUT2D eigenvalue weighted by atomic mass is 15.3. The second-order valence-corrected chi connectivity index (χ2v) is 4.26. The number of hydrogen-bond donors (Lipinski definition) is 2. The normalized spacial score (nSPS) is 10.4.